The first-order chi connectivity index (χ1) is 12.7. The summed E-state index contributed by atoms with van der Waals surface area (Å²) in [5.74, 6) is 0.146. The molecular weight excluding hydrogens is 356 g/mol. The highest BCUT2D eigenvalue weighted by atomic mass is 35.5. The minimum atomic E-state index is -0.378. The first kappa shape index (κ1) is 17.9. The van der Waals surface area contributed by atoms with Gasteiger partial charge in [-0.1, -0.05) is 29.8 Å². The molecule has 7 nitrogen and oxygen atoms in total. The molecule has 0 unspecified atom stereocenters. The van der Waals surface area contributed by atoms with Crippen molar-refractivity contribution in [3.05, 3.63) is 65.4 Å². The maximum Gasteiger partial charge on any atom is 0.277 e. The number of amides is 1. The summed E-state index contributed by atoms with van der Waals surface area (Å²) in [6.07, 6.45) is 1.41. The third kappa shape index (κ3) is 4.38. The second-order valence-electron chi connectivity index (χ2n) is 5.30. The maximum absolute atomic E-state index is 12.3. The first-order valence-electron chi connectivity index (χ1n) is 7.88. The zero-order valence-corrected chi connectivity index (χ0v) is 14.8. The molecule has 8 heteroatoms. The lowest BCUT2D eigenvalue weighted by Crippen LogP contribution is -2.13. The quantitative estimate of drug-likeness (QED) is 0.644. The maximum atomic E-state index is 12.3. The standard InChI is InChI=1S/C18H17ClN4O3/c1-25-9-10-26-17-8-7-13(11-15(17)19)21-18(24)16-12-20-23(22-16)14-5-3-2-4-6-14/h2-8,11-12H,9-10H2,1H3,(H,21,24). The van der Waals surface area contributed by atoms with Crippen molar-refractivity contribution in [3.8, 4) is 11.4 Å². The van der Waals surface area contributed by atoms with E-state index in [1.165, 1.54) is 11.0 Å². The summed E-state index contributed by atoms with van der Waals surface area (Å²) in [5.41, 5.74) is 1.51. The smallest absolute Gasteiger partial charge is 0.277 e. The number of aromatic nitrogens is 3. The van der Waals surface area contributed by atoms with E-state index in [9.17, 15) is 4.79 Å². The van der Waals surface area contributed by atoms with Gasteiger partial charge in [0.1, 0.15) is 12.4 Å². The summed E-state index contributed by atoms with van der Waals surface area (Å²) in [5, 5.41) is 11.4. The molecular formula is C18H17ClN4O3. The number of nitrogens with one attached hydrogen (secondary N) is 1. The number of methoxy groups -OCH3 is 1. The molecule has 0 atom stereocenters. The molecule has 0 saturated carbocycles. The highest BCUT2D eigenvalue weighted by Crippen LogP contribution is 2.27. The number of para-hydroxylation sites is 1. The van der Waals surface area contributed by atoms with Crippen molar-refractivity contribution in [2.24, 2.45) is 0 Å². The van der Waals surface area contributed by atoms with E-state index in [2.05, 4.69) is 15.5 Å². The van der Waals surface area contributed by atoms with Crippen LogP contribution in [0, 0.1) is 0 Å². The van der Waals surface area contributed by atoms with Gasteiger partial charge in [0.15, 0.2) is 5.69 Å². The second kappa shape index (κ2) is 8.46. The number of carbonyl (C=O) groups is 1. The first-order valence-corrected chi connectivity index (χ1v) is 8.25. The number of nitrogens with zero attached hydrogens (tertiary/aromatic N) is 3. The van der Waals surface area contributed by atoms with Crippen LogP contribution in [0.25, 0.3) is 5.69 Å². The topological polar surface area (TPSA) is 78.3 Å². The second-order valence-corrected chi connectivity index (χ2v) is 5.70. The lowest BCUT2D eigenvalue weighted by Gasteiger charge is -2.09. The molecule has 0 bridgehead atoms. The zero-order chi connectivity index (χ0) is 18.4. The number of anilines is 1. The van der Waals surface area contributed by atoms with Crippen LogP contribution in [0.3, 0.4) is 0 Å². The van der Waals surface area contributed by atoms with Gasteiger partial charge in [-0.2, -0.15) is 9.90 Å². The zero-order valence-electron chi connectivity index (χ0n) is 14.1. The van der Waals surface area contributed by atoms with Crippen molar-refractivity contribution in [1.82, 2.24) is 15.0 Å². The van der Waals surface area contributed by atoms with Crippen molar-refractivity contribution in [2.45, 2.75) is 0 Å². The van der Waals surface area contributed by atoms with Crippen molar-refractivity contribution in [3.63, 3.8) is 0 Å². The predicted molar refractivity (Wildman–Crippen MR) is 98.1 cm³/mol. The monoisotopic (exact) mass is 372 g/mol. The molecule has 26 heavy (non-hydrogen) atoms. The highest BCUT2D eigenvalue weighted by molar-refractivity contribution is 6.32. The van der Waals surface area contributed by atoms with Gasteiger partial charge in [-0.3, -0.25) is 4.79 Å². The van der Waals surface area contributed by atoms with Gasteiger partial charge in [-0.05, 0) is 30.3 Å². The molecule has 0 spiro atoms. The Hall–Kier alpha value is -2.90. The highest BCUT2D eigenvalue weighted by Gasteiger charge is 2.13. The van der Waals surface area contributed by atoms with Crippen LogP contribution in [0.5, 0.6) is 5.75 Å². The van der Waals surface area contributed by atoms with Crippen LogP contribution in [-0.4, -0.2) is 41.2 Å². The van der Waals surface area contributed by atoms with Gasteiger partial charge in [0, 0.05) is 12.8 Å². The fraction of sp³-hybridized carbons (Fsp3) is 0.167. The molecule has 0 fully saturated rings. The summed E-state index contributed by atoms with van der Waals surface area (Å²) >= 11 is 6.17. The summed E-state index contributed by atoms with van der Waals surface area (Å²) in [7, 11) is 1.59. The fourth-order valence-corrected chi connectivity index (χ4v) is 2.41. The van der Waals surface area contributed by atoms with Crippen molar-refractivity contribution in [2.75, 3.05) is 25.6 Å². The van der Waals surface area contributed by atoms with Crippen LogP contribution < -0.4 is 10.1 Å². The van der Waals surface area contributed by atoms with E-state index in [-0.39, 0.29) is 11.6 Å². The Morgan fingerprint density at radius 2 is 2.00 bits per heavy atom. The molecule has 134 valence electrons. The molecule has 2 aromatic carbocycles. The molecule has 0 aliphatic carbocycles. The number of hydrogen-bond acceptors (Lipinski definition) is 5. The minimum Gasteiger partial charge on any atom is -0.490 e. The fourth-order valence-electron chi connectivity index (χ4n) is 2.18. The van der Waals surface area contributed by atoms with E-state index in [4.69, 9.17) is 21.1 Å². The van der Waals surface area contributed by atoms with Crippen LogP contribution in [0.4, 0.5) is 5.69 Å². The number of hydrogen-bond donors (Lipinski definition) is 1. The minimum absolute atomic E-state index is 0.199. The summed E-state index contributed by atoms with van der Waals surface area (Å²) in [6, 6.07) is 14.3. The number of benzene rings is 2. The van der Waals surface area contributed by atoms with Crippen LogP contribution in [0.15, 0.2) is 54.7 Å². The molecule has 3 aromatic rings. The Bertz CT molecular complexity index is 883. The normalized spacial score (nSPS) is 10.5. The SMILES string of the molecule is COCCOc1ccc(NC(=O)c2cnn(-c3ccccc3)n2)cc1Cl. The van der Waals surface area contributed by atoms with E-state index in [0.717, 1.165) is 5.69 Å². The van der Waals surface area contributed by atoms with E-state index in [1.807, 2.05) is 30.3 Å². The molecule has 1 heterocycles. The molecule has 1 aromatic heterocycles. The Morgan fingerprint density at radius 1 is 1.19 bits per heavy atom. The Kier molecular flexibility index (Phi) is 5.83. The van der Waals surface area contributed by atoms with E-state index >= 15 is 0 Å². The van der Waals surface area contributed by atoms with Crippen LogP contribution in [0.2, 0.25) is 5.02 Å². The van der Waals surface area contributed by atoms with Crippen molar-refractivity contribution in [1.29, 1.82) is 0 Å². The lowest BCUT2D eigenvalue weighted by molar-refractivity contribution is 0.102. The van der Waals surface area contributed by atoms with Crippen LogP contribution in [0.1, 0.15) is 10.5 Å². The molecule has 3 rings (SSSR count). The Balaban J connectivity index is 1.66. The van der Waals surface area contributed by atoms with E-state index in [1.54, 1.807) is 25.3 Å². The third-order valence-corrected chi connectivity index (χ3v) is 3.74. The lowest BCUT2D eigenvalue weighted by atomic mass is 10.3. The summed E-state index contributed by atoms with van der Waals surface area (Å²) < 4.78 is 10.4. The molecule has 0 saturated heterocycles. The number of rotatable bonds is 7. The van der Waals surface area contributed by atoms with Gasteiger partial charge < -0.3 is 14.8 Å². The van der Waals surface area contributed by atoms with Gasteiger partial charge in [-0.15, -0.1) is 5.10 Å². The average molecular weight is 373 g/mol. The van der Waals surface area contributed by atoms with Gasteiger partial charge >= 0.3 is 0 Å². The number of carbonyl (C=O) groups excluding carboxylic acids is 1. The molecule has 0 aliphatic heterocycles. The van der Waals surface area contributed by atoms with Crippen molar-refractivity contribution < 1.29 is 14.3 Å². The summed E-state index contributed by atoms with van der Waals surface area (Å²) in [4.78, 5) is 13.7. The van der Waals surface area contributed by atoms with Gasteiger partial charge in [0.2, 0.25) is 0 Å². The Labute approximate surface area is 155 Å². The van der Waals surface area contributed by atoms with Gasteiger partial charge in [0.05, 0.1) is 23.5 Å². The van der Waals surface area contributed by atoms with Gasteiger partial charge in [-0.25, -0.2) is 0 Å². The molecule has 1 amide bonds. The third-order valence-electron chi connectivity index (χ3n) is 3.45. The predicted octanol–water partition coefficient (Wildman–Crippen LogP) is 3.20. The number of halogens is 1. The average Bonchev–Trinajstić information content (AvgIpc) is 3.15. The molecule has 0 radical (unpaired) electrons. The van der Waals surface area contributed by atoms with Crippen molar-refractivity contribution >= 4 is 23.2 Å². The van der Waals surface area contributed by atoms with E-state index < -0.39 is 0 Å². The molecule has 1 N–H and O–H groups in total. The largest absolute Gasteiger partial charge is 0.490 e. The number of ether oxygens (including phenoxy) is 2. The van der Waals surface area contributed by atoms with Crippen LogP contribution in [-0.2, 0) is 4.74 Å². The van der Waals surface area contributed by atoms with Gasteiger partial charge in [0.25, 0.3) is 5.91 Å². The van der Waals surface area contributed by atoms with Crippen LogP contribution >= 0.6 is 11.6 Å². The Morgan fingerprint density at radius 3 is 2.73 bits per heavy atom. The summed E-state index contributed by atoms with van der Waals surface area (Å²) in [6.45, 7) is 0.858. The molecule has 0 aliphatic rings. The van der Waals surface area contributed by atoms with E-state index in [0.29, 0.717) is 29.7 Å².